The van der Waals surface area contributed by atoms with Gasteiger partial charge in [-0.05, 0) is 11.6 Å². The molecule has 9 heteroatoms. The summed E-state index contributed by atoms with van der Waals surface area (Å²) in [6.07, 6.45) is -0.454. The van der Waals surface area contributed by atoms with Crippen LogP contribution in [0.1, 0.15) is 12.0 Å². The number of nitrogens with zero attached hydrogens (tertiary/aromatic N) is 2. The largest absolute Gasteiger partial charge is 0.388 e. The standard InChI is InChI=1S/C15H19N7O2/c16-12(17)8-13(18)20-14-7-6-11(22(23)24)15(21-14)19-9-10-4-2-1-3-5-10/h1-7,13H,8-9,18H2,(H3,16,17)(H2,19,20,21). The summed E-state index contributed by atoms with van der Waals surface area (Å²) >= 11 is 0. The number of anilines is 2. The molecule has 7 N–H and O–H groups in total. The van der Waals surface area contributed by atoms with Gasteiger partial charge >= 0.3 is 5.69 Å². The Hall–Kier alpha value is -3.20. The van der Waals surface area contributed by atoms with Gasteiger partial charge in [0.1, 0.15) is 5.82 Å². The summed E-state index contributed by atoms with van der Waals surface area (Å²) in [6, 6.07) is 12.3. The van der Waals surface area contributed by atoms with Gasteiger partial charge in [-0.3, -0.25) is 15.5 Å². The fourth-order valence-electron chi connectivity index (χ4n) is 2.07. The number of benzene rings is 1. The highest BCUT2D eigenvalue weighted by Gasteiger charge is 2.16. The highest BCUT2D eigenvalue weighted by Crippen LogP contribution is 2.24. The lowest BCUT2D eigenvalue weighted by molar-refractivity contribution is -0.384. The second-order valence-corrected chi connectivity index (χ2v) is 5.14. The molecule has 0 radical (unpaired) electrons. The van der Waals surface area contributed by atoms with E-state index in [-0.39, 0.29) is 23.8 Å². The molecule has 0 bridgehead atoms. The van der Waals surface area contributed by atoms with Crippen LogP contribution in [0, 0.1) is 15.5 Å². The second kappa shape index (κ2) is 7.88. The third kappa shape index (κ3) is 4.92. The summed E-state index contributed by atoms with van der Waals surface area (Å²) in [5.74, 6) is 0.452. The molecule has 9 nitrogen and oxygen atoms in total. The first-order chi connectivity index (χ1) is 11.5. The number of rotatable bonds is 8. The van der Waals surface area contributed by atoms with Crippen LogP contribution in [0.4, 0.5) is 17.3 Å². The van der Waals surface area contributed by atoms with Crippen molar-refractivity contribution in [2.24, 2.45) is 11.5 Å². The van der Waals surface area contributed by atoms with Crippen molar-refractivity contribution in [1.82, 2.24) is 4.98 Å². The maximum Gasteiger partial charge on any atom is 0.311 e. The number of hydrogen-bond acceptors (Lipinski definition) is 7. The summed E-state index contributed by atoms with van der Waals surface area (Å²) in [4.78, 5) is 14.8. The molecule has 0 aliphatic rings. The smallest absolute Gasteiger partial charge is 0.311 e. The van der Waals surface area contributed by atoms with Crippen molar-refractivity contribution >= 4 is 23.2 Å². The molecule has 0 saturated heterocycles. The van der Waals surface area contributed by atoms with Gasteiger partial charge < -0.3 is 22.1 Å². The monoisotopic (exact) mass is 329 g/mol. The second-order valence-electron chi connectivity index (χ2n) is 5.14. The van der Waals surface area contributed by atoms with Gasteiger partial charge in [0.15, 0.2) is 0 Å². The van der Waals surface area contributed by atoms with Crippen molar-refractivity contribution < 1.29 is 4.92 Å². The number of aromatic nitrogens is 1. The zero-order chi connectivity index (χ0) is 17.5. The van der Waals surface area contributed by atoms with Crippen LogP contribution in [-0.2, 0) is 6.54 Å². The lowest BCUT2D eigenvalue weighted by Crippen LogP contribution is -2.34. The topological polar surface area (TPSA) is 156 Å². The Labute approximate surface area is 138 Å². The fraction of sp³-hybridized carbons (Fsp3) is 0.200. The van der Waals surface area contributed by atoms with Crippen LogP contribution in [0.2, 0.25) is 0 Å². The minimum absolute atomic E-state index is 0.0562. The quantitative estimate of drug-likeness (QED) is 0.162. The molecule has 0 amide bonds. The van der Waals surface area contributed by atoms with Gasteiger partial charge in [-0.15, -0.1) is 0 Å². The number of nitro groups is 1. The van der Waals surface area contributed by atoms with E-state index in [1.165, 1.54) is 12.1 Å². The van der Waals surface area contributed by atoms with Gasteiger partial charge in [0.25, 0.3) is 0 Å². The zero-order valence-corrected chi connectivity index (χ0v) is 12.9. The van der Waals surface area contributed by atoms with Gasteiger partial charge in [0, 0.05) is 19.0 Å². The van der Waals surface area contributed by atoms with E-state index in [0.717, 1.165) is 5.56 Å². The zero-order valence-electron chi connectivity index (χ0n) is 12.9. The van der Waals surface area contributed by atoms with Crippen molar-refractivity contribution in [2.75, 3.05) is 10.6 Å². The summed E-state index contributed by atoms with van der Waals surface area (Å²) in [5.41, 5.74) is 11.9. The Morgan fingerprint density at radius 2 is 2.00 bits per heavy atom. The van der Waals surface area contributed by atoms with Crippen molar-refractivity contribution in [3.63, 3.8) is 0 Å². The first kappa shape index (κ1) is 17.2. The lowest BCUT2D eigenvalue weighted by Gasteiger charge is -2.14. The minimum atomic E-state index is -0.599. The maximum atomic E-state index is 11.1. The molecule has 0 saturated carbocycles. The Morgan fingerprint density at radius 3 is 2.62 bits per heavy atom. The van der Waals surface area contributed by atoms with Crippen LogP contribution in [0.25, 0.3) is 0 Å². The summed E-state index contributed by atoms with van der Waals surface area (Å²) in [5, 5.41) is 24.2. The Kier molecular flexibility index (Phi) is 5.63. The summed E-state index contributed by atoms with van der Waals surface area (Å²) < 4.78 is 0. The summed E-state index contributed by atoms with van der Waals surface area (Å²) in [7, 11) is 0. The molecular formula is C15H19N7O2. The molecule has 1 aromatic carbocycles. The van der Waals surface area contributed by atoms with E-state index >= 15 is 0 Å². The van der Waals surface area contributed by atoms with Gasteiger partial charge in [0.2, 0.25) is 5.82 Å². The van der Waals surface area contributed by atoms with Crippen molar-refractivity contribution in [2.45, 2.75) is 19.1 Å². The van der Waals surface area contributed by atoms with Crippen LogP contribution in [-0.4, -0.2) is 21.9 Å². The number of amidine groups is 1. The van der Waals surface area contributed by atoms with Crippen LogP contribution in [0.3, 0.4) is 0 Å². The van der Waals surface area contributed by atoms with Gasteiger partial charge in [-0.25, -0.2) is 4.98 Å². The molecule has 1 unspecified atom stereocenters. The number of nitrogens with one attached hydrogen (secondary N) is 3. The van der Waals surface area contributed by atoms with Crippen molar-refractivity contribution in [3.8, 4) is 0 Å². The highest BCUT2D eigenvalue weighted by atomic mass is 16.6. The van der Waals surface area contributed by atoms with E-state index in [1.807, 2.05) is 30.3 Å². The number of hydrogen-bond donors (Lipinski definition) is 5. The highest BCUT2D eigenvalue weighted by molar-refractivity contribution is 5.77. The van der Waals surface area contributed by atoms with Crippen molar-refractivity contribution in [3.05, 3.63) is 58.1 Å². The molecule has 24 heavy (non-hydrogen) atoms. The van der Waals surface area contributed by atoms with Gasteiger partial charge in [-0.2, -0.15) is 0 Å². The first-order valence-electron chi connectivity index (χ1n) is 7.24. The third-order valence-corrected chi connectivity index (χ3v) is 3.15. The molecule has 1 aromatic heterocycles. The average Bonchev–Trinajstić information content (AvgIpc) is 2.53. The Bertz CT molecular complexity index is 721. The van der Waals surface area contributed by atoms with E-state index < -0.39 is 11.1 Å². The van der Waals surface area contributed by atoms with Gasteiger partial charge in [-0.1, -0.05) is 30.3 Å². The summed E-state index contributed by atoms with van der Waals surface area (Å²) in [6.45, 7) is 0.400. The normalized spacial score (nSPS) is 11.5. The molecule has 0 aliphatic carbocycles. The molecule has 0 fully saturated rings. The van der Waals surface area contributed by atoms with E-state index in [0.29, 0.717) is 12.4 Å². The fourth-order valence-corrected chi connectivity index (χ4v) is 2.07. The SMILES string of the molecule is N=C(N)CC(N)Nc1ccc([N+](=O)[O-])c(NCc2ccccc2)n1. The lowest BCUT2D eigenvalue weighted by atomic mass is 10.2. The first-order valence-corrected chi connectivity index (χ1v) is 7.24. The van der Waals surface area contributed by atoms with Crippen LogP contribution >= 0.6 is 0 Å². The van der Waals surface area contributed by atoms with Crippen LogP contribution in [0.5, 0.6) is 0 Å². The molecular weight excluding hydrogens is 310 g/mol. The Morgan fingerprint density at radius 1 is 1.29 bits per heavy atom. The van der Waals surface area contributed by atoms with E-state index in [9.17, 15) is 10.1 Å². The van der Waals surface area contributed by atoms with Crippen LogP contribution < -0.4 is 22.1 Å². The number of pyridine rings is 1. The molecule has 1 atom stereocenters. The van der Waals surface area contributed by atoms with E-state index in [4.69, 9.17) is 16.9 Å². The molecule has 2 rings (SSSR count). The predicted octanol–water partition coefficient (Wildman–Crippen LogP) is 1.62. The van der Waals surface area contributed by atoms with Gasteiger partial charge in [0.05, 0.1) is 16.9 Å². The molecule has 2 aromatic rings. The Balaban J connectivity index is 2.15. The molecule has 1 heterocycles. The molecule has 126 valence electrons. The minimum Gasteiger partial charge on any atom is -0.388 e. The number of nitrogens with two attached hydrogens (primary N) is 2. The maximum absolute atomic E-state index is 11.1. The predicted molar refractivity (Wildman–Crippen MR) is 92.8 cm³/mol. The average molecular weight is 329 g/mol. The third-order valence-electron chi connectivity index (χ3n) is 3.15. The molecule has 0 spiro atoms. The van der Waals surface area contributed by atoms with Crippen molar-refractivity contribution in [1.29, 1.82) is 5.41 Å². The van der Waals surface area contributed by atoms with E-state index in [2.05, 4.69) is 15.6 Å². The van der Waals surface area contributed by atoms with Crippen LogP contribution in [0.15, 0.2) is 42.5 Å². The van der Waals surface area contributed by atoms with E-state index in [1.54, 1.807) is 0 Å². The molecule has 0 aliphatic heterocycles.